The van der Waals surface area contributed by atoms with Crippen LogP contribution in [0.3, 0.4) is 0 Å². The molecule has 0 aromatic carbocycles. The zero-order chi connectivity index (χ0) is 9.92. The molecule has 3 heteroatoms. The molecule has 0 spiro atoms. The molecule has 4 aliphatic rings. The van der Waals surface area contributed by atoms with Crippen molar-refractivity contribution >= 4 is 11.9 Å². The van der Waals surface area contributed by atoms with Crippen LogP contribution in [0.25, 0.3) is 0 Å². The first-order chi connectivity index (χ1) is 6.64. The van der Waals surface area contributed by atoms with Gasteiger partial charge in [0, 0.05) is 0 Å². The molecule has 0 radical (unpaired) electrons. The van der Waals surface area contributed by atoms with Crippen LogP contribution in [0.15, 0.2) is 0 Å². The predicted octanol–water partition coefficient (Wildman–Crippen LogP) is 1.51. The number of carbonyl (C=O) groups is 2. The van der Waals surface area contributed by atoms with Crippen molar-refractivity contribution in [1.29, 1.82) is 0 Å². The van der Waals surface area contributed by atoms with Crippen LogP contribution in [0.1, 0.15) is 32.6 Å². The highest BCUT2D eigenvalue weighted by atomic mass is 16.6. The van der Waals surface area contributed by atoms with Crippen molar-refractivity contribution in [3.8, 4) is 0 Å². The van der Waals surface area contributed by atoms with Crippen LogP contribution in [0, 0.1) is 23.2 Å². The number of ether oxygens (including phenoxy) is 1. The van der Waals surface area contributed by atoms with Gasteiger partial charge in [-0.05, 0) is 44.4 Å². The van der Waals surface area contributed by atoms with Gasteiger partial charge in [-0.2, -0.15) is 0 Å². The molecule has 3 nitrogen and oxygen atoms in total. The average molecular weight is 194 g/mol. The van der Waals surface area contributed by atoms with E-state index in [9.17, 15) is 9.59 Å². The van der Waals surface area contributed by atoms with Gasteiger partial charge in [0.1, 0.15) is 0 Å². The monoisotopic (exact) mass is 194 g/mol. The number of carbonyl (C=O) groups excluding carboxylic acids is 2. The Morgan fingerprint density at radius 2 is 1.86 bits per heavy atom. The molecule has 4 rings (SSSR count). The van der Waals surface area contributed by atoms with Crippen molar-refractivity contribution in [2.45, 2.75) is 32.6 Å². The number of esters is 2. The summed E-state index contributed by atoms with van der Waals surface area (Å²) in [5.74, 6) is 0.150. The van der Waals surface area contributed by atoms with Gasteiger partial charge >= 0.3 is 11.9 Å². The molecule has 0 N–H and O–H groups in total. The molecule has 3 saturated carbocycles. The molecule has 3 aliphatic carbocycles. The number of hydrogen-bond donors (Lipinski definition) is 0. The molecule has 14 heavy (non-hydrogen) atoms. The van der Waals surface area contributed by atoms with Gasteiger partial charge in [0.2, 0.25) is 0 Å². The van der Waals surface area contributed by atoms with Crippen molar-refractivity contribution in [2.75, 3.05) is 0 Å². The first kappa shape index (κ1) is 8.45. The van der Waals surface area contributed by atoms with Crippen LogP contribution in [0.5, 0.6) is 0 Å². The zero-order valence-electron chi connectivity index (χ0n) is 8.29. The smallest absolute Gasteiger partial charge is 0.320 e. The lowest BCUT2D eigenvalue weighted by Crippen LogP contribution is -2.49. The molecule has 1 aliphatic heterocycles. The Balaban J connectivity index is 2.10. The predicted molar refractivity (Wildman–Crippen MR) is 48.1 cm³/mol. The van der Waals surface area contributed by atoms with E-state index in [1.165, 1.54) is 0 Å². The minimum Gasteiger partial charge on any atom is -0.392 e. The van der Waals surface area contributed by atoms with Crippen molar-refractivity contribution in [2.24, 2.45) is 23.2 Å². The maximum absolute atomic E-state index is 11.7. The minimum absolute atomic E-state index is 0.123. The lowest BCUT2D eigenvalue weighted by Gasteiger charge is -2.48. The molecular formula is C11H14O3. The van der Waals surface area contributed by atoms with Gasteiger partial charge in [0.25, 0.3) is 0 Å². The molecule has 0 amide bonds. The molecular weight excluding hydrogens is 180 g/mol. The van der Waals surface area contributed by atoms with Crippen LogP contribution < -0.4 is 0 Å². The van der Waals surface area contributed by atoms with Gasteiger partial charge in [-0.15, -0.1) is 0 Å². The van der Waals surface area contributed by atoms with Crippen molar-refractivity contribution in [1.82, 2.24) is 0 Å². The van der Waals surface area contributed by atoms with Gasteiger partial charge in [-0.3, -0.25) is 9.59 Å². The molecule has 1 heterocycles. The Hall–Kier alpha value is -0.860. The second-order valence-corrected chi connectivity index (χ2v) is 5.08. The van der Waals surface area contributed by atoms with Crippen LogP contribution >= 0.6 is 0 Å². The maximum atomic E-state index is 11.7. The number of rotatable bonds is 0. The van der Waals surface area contributed by atoms with E-state index in [0.717, 1.165) is 25.7 Å². The Bertz CT molecular complexity index is 314. The molecule has 1 saturated heterocycles. The van der Waals surface area contributed by atoms with Crippen molar-refractivity contribution < 1.29 is 14.3 Å². The van der Waals surface area contributed by atoms with E-state index in [2.05, 4.69) is 0 Å². The number of cyclic esters (lactones) is 2. The number of hydrogen-bond acceptors (Lipinski definition) is 3. The molecule has 2 unspecified atom stereocenters. The Morgan fingerprint density at radius 3 is 2.43 bits per heavy atom. The molecule has 76 valence electrons. The first-order valence-electron chi connectivity index (χ1n) is 5.40. The van der Waals surface area contributed by atoms with E-state index < -0.39 is 5.41 Å². The average Bonchev–Trinajstić information content (AvgIpc) is 2.42. The minimum atomic E-state index is -0.474. The first-order valence-corrected chi connectivity index (χ1v) is 5.40. The fraction of sp³-hybridized carbons (Fsp3) is 0.818. The summed E-state index contributed by atoms with van der Waals surface area (Å²) in [5.41, 5.74) is -0.474. The Kier molecular flexibility index (Phi) is 1.44. The van der Waals surface area contributed by atoms with Gasteiger partial charge in [0.05, 0.1) is 11.3 Å². The van der Waals surface area contributed by atoms with Gasteiger partial charge in [0.15, 0.2) is 0 Å². The maximum Gasteiger partial charge on any atom is 0.320 e. The summed E-state index contributed by atoms with van der Waals surface area (Å²) in [6.07, 6.45) is 4.40. The summed E-state index contributed by atoms with van der Waals surface area (Å²) < 4.78 is 4.81. The van der Waals surface area contributed by atoms with Gasteiger partial charge < -0.3 is 4.74 Å². The zero-order valence-corrected chi connectivity index (χ0v) is 8.29. The molecule has 0 aromatic heterocycles. The summed E-state index contributed by atoms with van der Waals surface area (Å²) in [4.78, 5) is 23.3. The quantitative estimate of drug-likeness (QED) is 0.433. The second-order valence-electron chi connectivity index (χ2n) is 5.08. The highest BCUT2D eigenvalue weighted by Crippen LogP contribution is 2.59. The van der Waals surface area contributed by atoms with E-state index in [0.29, 0.717) is 11.8 Å². The molecule has 4 fully saturated rings. The fourth-order valence-corrected chi connectivity index (χ4v) is 3.79. The van der Waals surface area contributed by atoms with Gasteiger partial charge in [-0.1, -0.05) is 0 Å². The van der Waals surface area contributed by atoms with E-state index in [1.807, 2.05) is 6.92 Å². The standard InChI is InChI=1S/C11H14O3/c1-11-7-4-2-6(3-5-7)8(11)9(12)14-10(11)13/h6-8H,2-5H2,1H3. The molecule has 2 atom stereocenters. The number of fused-ring (bicyclic) bond motifs is 2. The largest absolute Gasteiger partial charge is 0.392 e. The van der Waals surface area contributed by atoms with Crippen molar-refractivity contribution in [3.63, 3.8) is 0 Å². The third kappa shape index (κ3) is 0.748. The topological polar surface area (TPSA) is 43.4 Å². The van der Waals surface area contributed by atoms with Crippen LogP contribution in [0.4, 0.5) is 0 Å². The van der Waals surface area contributed by atoms with Crippen molar-refractivity contribution in [3.05, 3.63) is 0 Å². The second kappa shape index (κ2) is 2.38. The summed E-state index contributed by atoms with van der Waals surface area (Å²) in [5, 5.41) is 0. The van der Waals surface area contributed by atoms with Crippen LogP contribution in [-0.2, 0) is 14.3 Å². The lowest BCUT2D eigenvalue weighted by atomic mass is 9.52. The molecule has 0 aromatic rings. The Labute approximate surface area is 82.8 Å². The molecule has 2 bridgehead atoms. The van der Waals surface area contributed by atoms with E-state index >= 15 is 0 Å². The SMILES string of the molecule is CC12C(=O)OC(=O)C1C1CCC2CC1. The summed E-state index contributed by atoms with van der Waals surface area (Å²) in [6, 6.07) is 0. The van der Waals surface area contributed by atoms with E-state index in [-0.39, 0.29) is 17.9 Å². The normalized spacial score (nSPS) is 50.5. The lowest BCUT2D eigenvalue weighted by molar-refractivity contribution is -0.156. The highest BCUT2D eigenvalue weighted by molar-refractivity contribution is 5.99. The van der Waals surface area contributed by atoms with E-state index in [4.69, 9.17) is 4.74 Å². The summed E-state index contributed by atoms with van der Waals surface area (Å²) in [7, 11) is 0. The third-order valence-electron chi connectivity index (χ3n) is 4.62. The van der Waals surface area contributed by atoms with E-state index in [1.54, 1.807) is 0 Å². The Morgan fingerprint density at radius 1 is 1.21 bits per heavy atom. The fourth-order valence-electron chi connectivity index (χ4n) is 3.79. The summed E-state index contributed by atoms with van der Waals surface area (Å²) >= 11 is 0. The van der Waals surface area contributed by atoms with Gasteiger partial charge in [-0.25, -0.2) is 0 Å². The van der Waals surface area contributed by atoms with Crippen LogP contribution in [0.2, 0.25) is 0 Å². The summed E-state index contributed by atoms with van der Waals surface area (Å²) in [6.45, 7) is 1.93. The third-order valence-corrected chi connectivity index (χ3v) is 4.62. The highest BCUT2D eigenvalue weighted by Gasteiger charge is 2.64. The van der Waals surface area contributed by atoms with Crippen LogP contribution in [-0.4, -0.2) is 11.9 Å².